The van der Waals surface area contributed by atoms with E-state index < -0.39 is 5.97 Å². The van der Waals surface area contributed by atoms with E-state index in [4.69, 9.17) is 5.11 Å². The standard InChI is InChI=1S/C13H16N2O3S/c1-19-12-10(5-2-6-14-12)13(18)15-7-3-4-9(15)8-11(16)17/h2,5-6,9H,3-4,7-8H2,1H3,(H,16,17). The number of likely N-dealkylation sites (tertiary alicyclic amines) is 1. The Bertz CT molecular complexity index is 493. The third-order valence-corrected chi connectivity index (χ3v) is 3.96. The zero-order valence-corrected chi connectivity index (χ0v) is 11.5. The molecule has 0 bridgehead atoms. The number of carboxylic acids is 1. The van der Waals surface area contributed by atoms with Gasteiger partial charge in [-0.15, -0.1) is 11.8 Å². The molecule has 0 radical (unpaired) electrons. The first kappa shape index (κ1) is 13.9. The Hall–Kier alpha value is -1.56. The Kier molecular flexibility index (Phi) is 4.42. The van der Waals surface area contributed by atoms with E-state index in [0.717, 1.165) is 12.8 Å². The van der Waals surface area contributed by atoms with Crippen LogP contribution in [0.5, 0.6) is 0 Å². The molecule has 1 aliphatic rings. The number of carboxylic acid groups (broad SMARTS) is 1. The molecule has 2 rings (SSSR count). The lowest BCUT2D eigenvalue weighted by Crippen LogP contribution is -2.37. The Morgan fingerprint density at radius 3 is 3.05 bits per heavy atom. The molecule has 102 valence electrons. The number of carbonyl (C=O) groups is 2. The summed E-state index contributed by atoms with van der Waals surface area (Å²) < 4.78 is 0. The lowest BCUT2D eigenvalue weighted by Gasteiger charge is -2.24. The van der Waals surface area contributed by atoms with Gasteiger partial charge in [0, 0.05) is 18.8 Å². The van der Waals surface area contributed by atoms with Gasteiger partial charge in [0.1, 0.15) is 5.03 Å². The van der Waals surface area contributed by atoms with Gasteiger partial charge in [-0.25, -0.2) is 4.98 Å². The molecule has 0 aliphatic carbocycles. The first-order valence-corrected chi connectivity index (χ1v) is 7.37. The van der Waals surface area contributed by atoms with Crippen LogP contribution in [0.1, 0.15) is 29.6 Å². The molecule has 2 heterocycles. The zero-order valence-electron chi connectivity index (χ0n) is 10.7. The van der Waals surface area contributed by atoms with Crippen LogP contribution in [0.2, 0.25) is 0 Å². The SMILES string of the molecule is CSc1ncccc1C(=O)N1CCCC1CC(=O)O. The van der Waals surface area contributed by atoms with Crippen LogP contribution in [0.25, 0.3) is 0 Å². The van der Waals surface area contributed by atoms with E-state index in [1.165, 1.54) is 11.8 Å². The van der Waals surface area contributed by atoms with Gasteiger partial charge in [0.25, 0.3) is 5.91 Å². The monoisotopic (exact) mass is 280 g/mol. The summed E-state index contributed by atoms with van der Waals surface area (Å²) in [7, 11) is 0. The summed E-state index contributed by atoms with van der Waals surface area (Å²) >= 11 is 1.42. The zero-order chi connectivity index (χ0) is 13.8. The van der Waals surface area contributed by atoms with Crippen LogP contribution in [0.15, 0.2) is 23.4 Å². The number of aromatic nitrogens is 1. The predicted octanol–water partition coefficient (Wildman–Crippen LogP) is 1.88. The smallest absolute Gasteiger partial charge is 0.305 e. The molecule has 1 N–H and O–H groups in total. The molecule has 1 aromatic heterocycles. The van der Waals surface area contributed by atoms with E-state index in [1.54, 1.807) is 23.2 Å². The second kappa shape index (κ2) is 6.06. The maximum atomic E-state index is 12.5. The van der Waals surface area contributed by atoms with Crippen molar-refractivity contribution in [2.24, 2.45) is 0 Å². The Morgan fingerprint density at radius 2 is 2.37 bits per heavy atom. The Morgan fingerprint density at radius 1 is 1.58 bits per heavy atom. The van der Waals surface area contributed by atoms with Gasteiger partial charge in [0.2, 0.25) is 0 Å². The van der Waals surface area contributed by atoms with Crippen LogP contribution in [-0.4, -0.2) is 45.7 Å². The van der Waals surface area contributed by atoms with Crippen LogP contribution < -0.4 is 0 Å². The van der Waals surface area contributed by atoms with Gasteiger partial charge in [-0.2, -0.15) is 0 Å². The van der Waals surface area contributed by atoms with Crippen LogP contribution in [-0.2, 0) is 4.79 Å². The van der Waals surface area contributed by atoms with Crippen molar-refractivity contribution in [1.82, 2.24) is 9.88 Å². The molecule has 1 amide bonds. The Labute approximate surface area is 116 Å². The molecule has 1 atom stereocenters. The summed E-state index contributed by atoms with van der Waals surface area (Å²) in [6.07, 6.45) is 5.16. The number of nitrogens with zero attached hydrogens (tertiary/aromatic N) is 2. The van der Waals surface area contributed by atoms with Crippen LogP contribution >= 0.6 is 11.8 Å². The van der Waals surface area contributed by atoms with E-state index in [2.05, 4.69) is 4.98 Å². The van der Waals surface area contributed by atoms with Crippen LogP contribution in [0.3, 0.4) is 0 Å². The highest BCUT2D eigenvalue weighted by atomic mass is 32.2. The Balaban J connectivity index is 2.20. The van der Waals surface area contributed by atoms with E-state index in [1.807, 2.05) is 6.26 Å². The highest BCUT2D eigenvalue weighted by Gasteiger charge is 2.31. The number of aliphatic carboxylic acids is 1. The van der Waals surface area contributed by atoms with Crippen LogP contribution in [0, 0.1) is 0 Å². The quantitative estimate of drug-likeness (QED) is 0.853. The molecular formula is C13H16N2O3S. The molecule has 1 unspecified atom stereocenters. The largest absolute Gasteiger partial charge is 0.481 e. The molecule has 19 heavy (non-hydrogen) atoms. The van der Waals surface area contributed by atoms with Gasteiger partial charge in [0.05, 0.1) is 12.0 Å². The van der Waals surface area contributed by atoms with Gasteiger partial charge in [-0.05, 0) is 31.2 Å². The van der Waals surface area contributed by atoms with E-state index in [9.17, 15) is 9.59 Å². The summed E-state index contributed by atoms with van der Waals surface area (Å²) in [4.78, 5) is 29.2. The lowest BCUT2D eigenvalue weighted by atomic mass is 10.1. The highest BCUT2D eigenvalue weighted by Crippen LogP contribution is 2.25. The molecule has 0 saturated carbocycles. The van der Waals surface area contributed by atoms with Crippen LogP contribution in [0.4, 0.5) is 0 Å². The van der Waals surface area contributed by atoms with E-state index >= 15 is 0 Å². The first-order chi connectivity index (χ1) is 9.13. The second-order valence-corrected chi connectivity index (χ2v) is 5.25. The summed E-state index contributed by atoms with van der Waals surface area (Å²) in [5.41, 5.74) is 0.562. The van der Waals surface area contributed by atoms with Crippen molar-refractivity contribution in [3.63, 3.8) is 0 Å². The second-order valence-electron chi connectivity index (χ2n) is 4.45. The van der Waals surface area contributed by atoms with Crippen molar-refractivity contribution >= 4 is 23.6 Å². The van der Waals surface area contributed by atoms with Gasteiger partial charge in [-0.1, -0.05) is 0 Å². The van der Waals surface area contributed by atoms with Crippen molar-refractivity contribution in [2.45, 2.75) is 30.3 Å². The molecule has 5 nitrogen and oxygen atoms in total. The molecule has 1 aliphatic heterocycles. The number of hydrogen-bond acceptors (Lipinski definition) is 4. The number of amides is 1. The molecule has 0 spiro atoms. The van der Waals surface area contributed by atoms with Crippen molar-refractivity contribution < 1.29 is 14.7 Å². The van der Waals surface area contributed by atoms with Gasteiger partial charge in [-0.3, -0.25) is 9.59 Å². The minimum absolute atomic E-state index is 0.0145. The fraction of sp³-hybridized carbons (Fsp3) is 0.462. The van der Waals surface area contributed by atoms with Crippen molar-refractivity contribution in [2.75, 3.05) is 12.8 Å². The minimum Gasteiger partial charge on any atom is -0.481 e. The topological polar surface area (TPSA) is 70.5 Å². The summed E-state index contributed by atoms with van der Waals surface area (Å²) in [6.45, 7) is 0.624. The molecule has 1 aromatic rings. The van der Waals surface area contributed by atoms with Gasteiger partial charge < -0.3 is 10.0 Å². The number of rotatable bonds is 4. The third kappa shape index (κ3) is 3.07. The maximum Gasteiger partial charge on any atom is 0.305 e. The fourth-order valence-electron chi connectivity index (χ4n) is 2.39. The maximum absolute atomic E-state index is 12.5. The number of thioether (sulfide) groups is 1. The minimum atomic E-state index is -0.860. The molecule has 1 fully saturated rings. The summed E-state index contributed by atoms with van der Waals surface area (Å²) in [6, 6.07) is 3.28. The predicted molar refractivity (Wildman–Crippen MR) is 72.3 cm³/mol. The summed E-state index contributed by atoms with van der Waals surface area (Å²) in [5.74, 6) is -0.970. The highest BCUT2D eigenvalue weighted by molar-refractivity contribution is 7.98. The average Bonchev–Trinajstić information content (AvgIpc) is 2.85. The van der Waals surface area contributed by atoms with Gasteiger partial charge in [0.15, 0.2) is 0 Å². The number of pyridine rings is 1. The van der Waals surface area contributed by atoms with E-state index in [-0.39, 0.29) is 18.4 Å². The van der Waals surface area contributed by atoms with Gasteiger partial charge >= 0.3 is 5.97 Å². The first-order valence-electron chi connectivity index (χ1n) is 6.15. The third-order valence-electron chi connectivity index (χ3n) is 3.24. The average molecular weight is 280 g/mol. The van der Waals surface area contributed by atoms with Crippen molar-refractivity contribution in [3.05, 3.63) is 23.9 Å². The molecule has 0 aromatic carbocycles. The fourth-order valence-corrected chi connectivity index (χ4v) is 2.93. The molecule has 6 heteroatoms. The van der Waals surface area contributed by atoms with E-state index in [0.29, 0.717) is 17.1 Å². The summed E-state index contributed by atoms with van der Waals surface area (Å²) in [5, 5.41) is 9.58. The molecule has 1 saturated heterocycles. The lowest BCUT2D eigenvalue weighted by molar-refractivity contribution is -0.137. The van der Waals surface area contributed by atoms with Crippen molar-refractivity contribution in [3.8, 4) is 0 Å². The molecular weight excluding hydrogens is 264 g/mol. The van der Waals surface area contributed by atoms with Crippen molar-refractivity contribution in [1.29, 1.82) is 0 Å². The number of hydrogen-bond donors (Lipinski definition) is 1. The normalized spacial score (nSPS) is 18.6. The number of carbonyl (C=O) groups excluding carboxylic acids is 1.